The molecule has 0 saturated heterocycles. The smallest absolute Gasteiger partial charge is 0.338 e. The lowest BCUT2D eigenvalue weighted by molar-refractivity contribution is -0.384. The van der Waals surface area contributed by atoms with Gasteiger partial charge in [0.05, 0.1) is 35.8 Å². The van der Waals surface area contributed by atoms with Crippen LogP contribution in [-0.4, -0.2) is 30.5 Å². The lowest BCUT2D eigenvalue weighted by atomic mass is 10.1. The molecular weight excluding hydrogens is 442 g/mol. The van der Waals surface area contributed by atoms with Crippen molar-refractivity contribution in [2.75, 3.05) is 19.0 Å². The first-order valence-corrected chi connectivity index (χ1v) is 9.99. The van der Waals surface area contributed by atoms with Crippen molar-refractivity contribution in [1.29, 1.82) is 5.26 Å². The summed E-state index contributed by atoms with van der Waals surface area (Å²) in [6, 6.07) is 15.1. The number of amides is 1. The normalized spacial score (nSPS) is 10.8. The van der Waals surface area contributed by atoms with Crippen LogP contribution >= 0.6 is 0 Å². The van der Waals surface area contributed by atoms with Crippen LogP contribution in [-0.2, 0) is 9.53 Å². The summed E-state index contributed by atoms with van der Waals surface area (Å²) in [6.07, 6.45) is 1.27. The van der Waals surface area contributed by atoms with Crippen molar-refractivity contribution in [3.05, 3.63) is 81.6 Å². The summed E-state index contributed by atoms with van der Waals surface area (Å²) in [5.74, 6) is -0.345. The number of benzene rings is 2. The molecule has 0 radical (unpaired) electrons. The average Bonchev–Trinajstić information content (AvgIpc) is 3.31. The summed E-state index contributed by atoms with van der Waals surface area (Å²) in [4.78, 5) is 34.7. The molecule has 0 spiro atoms. The van der Waals surface area contributed by atoms with Gasteiger partial charge in [-0.15, -0.1) is 0 Å². The Bertz CT molecular complexity index is 1300. The van der Waals surface area contributed by atoms with Crippen molar-refractivity contribution in [1.82, 2.24) is 0 Å². The molecule has 0 aliphatic rings. The fraction of sp³-hybridized carbons (Fsp3) is 0.125. The number of nitro groups is 1. The number of esters is 1. The van der Waals surface area contributed by atoms with Crippen molar-refractivity contribution < 1.29 is 28.4 Å². The number of methoxy groups -OCH3 is 1. The van der Waals surface area contributed by atoms with E-state index in [4.69, 9.17) is 13.9 Å². The number of hydrogen-bond donors (Lipinski definition) is 1. The van der Waals surface area contributed by atoms with E-state index in [0.717, 1.165) is 0 Å². The van der Waals surface area contributed by atoms with E-state index >= 15 is 0 Å². The average molecular weight is 461 g/mol. The topological polar surface area (TPSA) is 145 Å². The molecule has 1 heterocycles. The first-order chi connectivity index (χ1) is 16.4. The van der Waals surface area contributed by atoms with Gasteiger partial charge in [-0.05, 0) is 49.4 Å². The number of ether oxygens (including phenoxy) is 2. The van der Waals surface area contributed by atoms with Gasteiger partial charge in [0.25, 0.3) is 11.6 Å². The van der Waals surface area contributed by atoms with Gasteiger partial charge in [-0.1, -0.05) is 0 Å². The number of anilines is 1. The summed E-state index contributed by atoms with van der Waals surface area (Å²) in [6.45, 7) is 1.95. The second kappa shape index (κ2) is 10.6. The Labute approximate surface area is 194 Å². The summed E-state index contributed by atoms with van der Waals surface area (Å²) in [5, 5.41) is 23.0. The van der Waals surface area contributed by atoms with Gasteiger partial charge in [0.2, 0.25) is 0 Å². The van der Waals surface area contributed by atoms with Crippen LogP contribution in [0.4, 0.5) is 11.4 Å². The fourth-order valence-electron chi connectivity index (χ4n) is 2.97. The number of carbonyl (C=O) groups excluding carboxylic acids is 2. The highest BCUT2D eigenvalue weighted by Gasteiger charge is 2.16. The Morgan fingerprint density at radius 1 is 1.18 bits per heavy atom. The van der Waals surface area contributed by atoms with Gasteiger partial charge in [0.15, 0.2) is 0 Å². The monoisotopic (exact) mass is 461 g/mol. The third-order valence-electron chi connectivity index (χ3n) is 4.59. The number of rotatable bonds is 8. The third-order valence-corrected chi connectivity index (χ3v) is 4.59. The minimum atomic E-state index is -0.669. The first-order valence-electron chi connectivity index (χ1n) is 9.99. The molecule has 1 aromatic heterocycles. The van der Waals surface area contributed by atoms with Crippen LogP contribution in [0, 0.1) is 21.4 Å². The highest BCUT2D eigenvalue weighted by molar-refractivity contribution is 6.09. The molecule has 0 atom stereocenters. The lowest BCUT2D eigenvalue weighted by Gasteiger charge is -2.06. The quantitative estimate of drug-likeness (QED) is 0.169. The number of carbonyl (C=O) groups is 2. The zero-order valence-electron chi connectivity index (χ0n) is 18.2. The molecule has 2 aromatic carbocycles. The standard InChI is InChI=1S/C24H19N3O7/c1-3-33-24(29)15-4-6-17(7-5-15)26-23(28)16(14-25)12-19-9-11-21(34-19)20-10-8-18(27(30)31)13-22(20)32-2/h4-13H,3H2,1-2H3,(H,26,28)/b16-12+. The van der Waals surface area contributed by atoms with Crippen LogP contribution in [0.25, 0.3) is 17.4 Å². The maximum Gasteiger partial charge on any atom is 0.338 e. The van der Waals surface area contributed by atoms with E-state index in [1.807, 2.05) is 6.07 Å². The van der Waals surface area contributed by atoms with Crippen molar-refractivity contribution in [2.45, 2.75) is 6.92 Å². The second-order valence-electron chi connectivity index (χ2n) is 6.77. The minimum Gasteiger partial charge on any atom is -0.496 e. The van der Waals surface area contributed by atoms with Gasteiger partial charge in [-0.3, -0.25) is 14.9 Å². The zero-order chi connectivity index (χ0) is 24.7. The van der Waals surface area contributed by atoms with Gasteiger partial charge in [-0.2, -0.15) is 5.26 Å². The van der Waals surface area contributed by atoms with E-state index in [2.05, 4.69) is 5.32 Å². The molecule has 0 saturated carbocycles. The first kappa shape index (κ1) is 23.7. The molecule has 10 heteroatoms. The van der Waals surface area contributed by atoms with Gasteiger partial charge in [0, 0.05) is 17.8 Å². The number of non-ortho nitro benzene ring substituents is 1. The summed E-state index contributed by atoms with van der Waals surface area (Å²) in [7, 11) is 1.38. The maximum absolute atomic E-state index is 12.5. The molecule has 0 aliphatic heterocycles. The molecule has 10 nitrogen and oxygen atoms in total. The van der Waals surface area contributed by atoms with Crippen LogP contribution in [0.1, 0.15) is 23.0 Å². The number of nitrogens with one attached hydrogen (secondary N) is 1. The Hall–Kier alpha value is -4.91. The number of nitriles is 1. The Kier molecular flexibility index (Phi) is 7.41. The van der Waals surface area contributed by atoms with Crippen molar-refractivity contribution in [3.63, 3.8) is 0 Å². The number of hydrogen-bond acceptors (Lipinski definition) is 8. The number of nitrogens with zero attached hydrogens (tertiary/aromatic N) is 2. The Balaban J connectivity index is 1.78. The molecule has 0 aliphatic carbocycles. The number of nitro benzene ring substituents is 1. The SMILES string of the molecule is CCOC(=O)c1ccc(NC(=O)/C(C#N)=C/c2ccc(-c3ccc([N+](=O)[O-])cc3OC)o2)cc1. The predicted molar refractivity (Wildman–Crippen MR) is 122 cm³/mol. The summed E-state index contributed by atoms with van der Waals surface area (Å²) < 4.78 is 15.8. The number of furan rings is 1. The highest BCUT2D eigenvalue weighted by atomic mass is 16.6. The van der Waals surface area contributed by atoms with Crippen LogP contribution < -0.4 is 10.1 Å². The lowest BCUT2D eigenvalue weighted by Crippen LogP contribution is -2.13. The van der Waals surface area contributed by atoms with Crippen molar-refractivity contribution >= 4 is 29.3 Å². The highest BCUT2D eigenvalue weighted by Crippen LogP contribution is 2.34. The van der Waals surface area contributed by atoms with E-state index in [9.17, 15) is 25.0 Å². The van der Waals surface area contributed by atoms with E-state index in [0.29, 0.717) is 22.6 Å². The van der Waals surface area contributed by atoms with E-state index in [-0.39, 0.29) is 29.4 Å². The maximum atomic E-state index is 12.5. The second-order valence-corrected chi connectivity index (χ2v) is 6.77. The Morgan fingerprint density at radius 2 is 1.91 bits per heavy atom. The molecule has 1 N–H and O–H groups in total. The van der Waals surface area contributed by atoms with Crippen molar-refractivity contribution in [2.24, 2.45) is 0 Å². The van der Waals surface area contributed by atoms with Crippen LogP contribution in [0.15, 0.2) is 64.6 Å². The fourth-order valence-corrected chi connectivity index (χ4v) is 2.97. The molecule has 172 valence electrons. The molecule has 3 aromatic rings. The molecule has 1 amide bonds. The van der Waals surface area contributed by atoms with E-state index in [1.165, 1.54) is 55.7 Å². The van der Waals surface area contributed by atoms with Gasteiger partial charge in [0.1, 0.15) is 28.9 Å². The summed E-state index contributed by atoms with van der Waals surface area (Å²) in [5.41, 5.74) is 0.838. The van der Waals surface area contributed by atoms with Gasteiger partial charge < -0.3 is 19.2 Å². The molecule has 3 rings (SSSR count). The van der Waals surface area contributed by atoms with Crippen LogP contribution in [0.2, 0.25) is 0 Å². The van der Waals surface area contributed by atoms with E-state index in [1.54, 1.807) is 19.1 Å². The van der Waals surface area contributed by atoms with Crippen LogP contribution in [0.5, 0.6) is 5.75 Å². The molecule has 0 unspecified atom stereocenters. The third kappa shape index (κ3) is 5.46. The molecule has 34 heavy (non-hydrogen) atoms. The van der Waals surface area contributed by atoms with E-state index < -0.39 is 16.8 Å². The van der Waals surface area contributed by atoms with Gasteiger partial charge >= 0.3 is 5.97 Å². The van der Waals surface area contributed by atoms with Crippen LogP contribution in [0.3, 0.4) is 0 Å². The minimum absolute atomic E-state index is 0.133. The molecule has 0 fully saturated rings. The largest absolute Gasteiger partial charge is 0.496 e. The zero-order valence-corrected chi connectivity index (χ0v) is 18.2. The molecular formula is C24H19N3O7. The predicted octanol–water partition coefficient (Wildman–Crippen LogP) is 4.59. The summed E-state index contributed by atoms with van der Waals surface area (Å²) >= 11 is 0. The molecule has 0 bridgehead atoms. The van der Waals surface area contributed by atoms with Crippen molar-refractivity contribution in [3.8, 4) is 23.1 Å². The van der Waals surface area contributed by atoms with Gasteiger partial charge in [-0.25, -0.2) is 4.79 Å². The Morgan fingerprint density at radius 3 is 2.53 bits per heavy atom.